The summed E-state index contributed by atoms with van der Waals surface area (Å²) in [5.41, 5.74) is -5.12. The second-order valence-corrected chi connectivity index (χ2v) is 18.5. The molecule has 3 rings (SSSR count). The second kappa shape index (κ2) is 15.4. The van der Waals surface area contributed by atoms with Crippen LogP contribution in [-0.2, 0) is 23.9 Å². The van der Waals surface area contributed by atoms with Gasteiger partial charge in [-0.2, -0.15) is 5.06 Å². The van der Waals surface area contributed by atoms with Gasteiger partial charge in [0.1, 0.15) is 23.2 Å². The van der Waals surface area contributed by atoms with Gasteiger partial charge in [-0.3, -0.25) is 24.1 Å². The molecule has 0 aromatic heterocycles. The van der Waals surface area contributed by atoms with E-state index in [4.69, 9.17) is 4.74 Å². The van der Waals surface area contributed by atoms with Crippen LogP contribution < -0.4 is 16.0 Å². The van der Waals surface area contributed by atoms with Crippen molar-refractivity contribution in [1.82, 2.24) is 30.8 Å². The van der Waals surface area contributed by atoms with Gasteiger partial charge in [-0.1, -0.05) is 39.8 Å². The fraction of sp³-hybridized carbons (Fsp3) is 0.816. The third-order valence-corrected chi connectivity index (χ3v) is 10.1. The van der Waals surface area contributed by atoms with Crippen molar-refractivity contribution in [2.75, 3.05) is 19.6 Å². The fourth-order valence-corrected chi connectivity index (χ4v) is 7.95. The number of piperidine rings is 1. The minimum absolute atomic E-state index is 0.0456. The third-order valence-electron chi connectivity index (χ3n) is 10.1. The van der Waals surface area contributed by atoms with Crippen LogP contribution in [-0.4, -0.2) is 110 Å². The average molecular weight is 719 g/mol. The van der Waals surface area contributed by atoms with Gasteiger partial charge in [0.15, 0.2) is 0 Å². The molecule has 5 amide bonds. The maximum atomic E-state index is 14.5. The number of hydroxylamine groups is 2. The summed E-state index contributed by atoms with van der Waals surface area (Å²) >= 11 is 0. The molecular formula is C38H66N6O7. The molecule has 2 saturated heterocycles. The largest absolute Gasteiger partial charge is 0.444 e. The highest BCUT2D eigenvalue weighted by molar-refractivity contribution is 5.97. The second-order valence-electron chi connectivity index (χ2n) is 18.5. The summed E-state index contributed by atoms with van der Waals surface area (Å²) < 4.78 is 5.85. The molecule has 3 atom stereocenters. The van der Waals surface area contributed by atoms with Crippen molar-refractivity contribution in [3.8, 4) is 0 Å². The molecule has 3 heterocycles. The molecule has 0 saturated carbocycles. The van der Waals surface area contributed by atoms with Crippen molar-refractivity contribution in [3.05, 3.63) is 12.2 Å². The molecule has 3 aliphatic rings. The molecule has 290 valence electrons. The van der Waals surface area contributed by atoms with Crippen LogP contribution in [0.5, 0.6) is 0 Å². The third kappa shape index (κ3) is 10.0. The Hall–Kier alpha value is -3.19. The van der Waals surface area contributed by atoms with Crippen LogP contribution in [0.25, 0.3) is 0 Å². The first-order valence-electron chi connectivity index (χ1n) is 18.6. The molecule has 4 N–H and O–H groups in total. The Labute approximate surface area is 305 Å². The molecule has 13 nitrogen and oxygen atoms in total. The Kier molecular flexibility index (Phi) is 12.8. The Morgan fingerprint density at radius 3 is 2.08 bits per heavy atom. The van der Waals surface area contributed by atoms with Gasteiger partial charge in [-0.05, 0) is 106 Å². The van der Waals surface area contributed by atoms with Crippen LogP contribution in [0, 0.1) is 17.3 Å². The molecule has 0 aromatic carbocycles. The standard InChI is InChI=1S/C38H66N6O7/c1-24(2)21-26-16-17-35(8,9)32(48)43-19-14-15-27(43)29(45)40-28(25(3)4)30(46)41-38(22-36(10,11)44(50)37(12,13)23-38)31(47)39-18-20-42(26)33(49)51-34(5,6)7/h16-17,24-28,50H,14-15,18-23H2,1-13H3,(H,39,47)(H,40,45)(H,41,46)/b17-16+/t26-,27?,28+/m1/s1. The zero-order chi connectivity index (χ0) is 38.9. The summed E-state index contributed by atoms with van der Waals surface area (Å²) in [5.74, 6) is -1.80. The number of amides is 5. The topological polar surface area (TPSA) is 161 Å². The monoisotopic (exact) mass is 718 g/mol. The van der Waals surface area contributed by atoms with Crippen LogP contribution in [0.15, 0.2) is 12.2 Å². The molecule has 0 radical (unpaired) electrons. The summed E-state index contributed by atoms with van der Waals surface area (Å²) in [5, 5.41) is 21.4. The van der Waals surface area contributed by atoms with E-state index in [9.17, 15) is 29.2 Å². The van der Waals surface area contributed by atoms with Crippen LogP contribution in [0.2, 0.25) is 0 Å². The van der Waals surface area contributed by atoms with E-state index in [1.54, 1.807) is 50.5 Å². The van der Waals surface area contributed by atoms with Crippen molar-refractivity contribution in [3.63, 3.8) is 0 Å². The van der Waals surface area contributed by atoms with Gasteiger partial charge in [0.2, 0.25) is 23.6 Å². The lowest BCUT2D eigenvalue weighted by Gasteiger charge is -2.56. The number of nitrogens with zero attached hydrogens (tertiary/aromatic N) is 3. The Morgan fingerprint density at radius 1 is 0.961 bits per heavy atom. The number of hydrogen-bond acceptors (Lipinski definition) is 8. The first kappa shape index (κ1) is 42.2. The minimum Gasteiger partial charge on any atom is -0.444 e. The van der Waals surface area contributed by atoms with Gasteiger partial charge < -0.3 is 30.8 Å². The van der Waals surface area contributed by atoms with Crippen LogP contribution in [0.3, 0.4) is 0 Å². The van der Waals surface area contributed by atoms with Gasteiger partial charge in [-0.25, -0.2) is 4.79 Å². The van der Waals surface area contributed by atoms with Crippen LogP contribution >= 0.6 is 0 Å². The van der Waals surface area contributed by atoms with E-state index < -0.39 is 69.6 Å². The lowest BCUT2D eigenvalue weighted by Crippen LogP contribution is -2.74. The molecule has 0 aromatic rings. The van der Waals surface area contributed by atoms with Crippen molar-refractivity contribution >= 4 is 29.7 Å². The fourth-order valence-electron chi connectivity index (χ4n) is 7.95. The van der Waals surface area contributed by atoms with E-state index in [1.165, 1.54) is 5.06 Å². The van der Waals surface area contributed by atoms with Gasteiger partial charge >= 0.3 is 6.09 Å². The highest BCUT2D eigenvalue weighted by Crippen LogP contribution is 2.43. The molecular weight excluding hydrogens is 652 g/mol. The maximum Gasteiger partial charge on any atom is 0.410 e. The van der Waals surface area contributed by atoms with E-state index in [-0.39, 0.29) is 43.7 Å². The molecule has 3 aliphatic heterocycles. The number of fused-ring (bicyclic) bond motifs is 1. The molecule has 0 bridgehead atoms. The molecule has 0 aliphatic carbocycles. The zero-order valence-electron chi connectivity index (χ0n) is 33.4. The highest BCUT2D eigenvalue weighted by Gasteiger charge is 2.57. The van der Waals surface area contributed by atoms with Crippen LogP contribution in [0.1, 0.15) is 122 Å². The summed E-state index contributed by atoms with van der Waals surface area (Å²) in [6.07, 6.45) is 4.92. The average Bonchev–Trinajstić information content (AvgIpc) is 3.46. The first-order valence-corrected chi connectivity index (χ1v) is 18.6. The van der Waals surface area contributed by atoms with E-state index in [0.29, 0.717) is 25.8 Å². The molecule has 1 spiro atoms. The Balaban J connectivity index is 2.19. The summed E-state index contributed by atoms with van der Waals surface area (Å²) in [7, 11) is 0. The number of hydrogen-bond donors (Lipinski definition) is 4. The van der Waals surface area contributed by atoms with Crippen molar-refractivity contribution in [2.24, 2.45) is 17.3 Å². The Morgan fingerprint density at radius 2 is 1.55 bits per heavy atom. The van der Waals surface area contributed by atoms with E-state index >= 15 is 0 Å². The predicted octanol–water partition coefficient (Wildman–Crippen LogP) is 4.38. The van der Waals surface area contributed by atoms with Gasteiger partial charge in [0, 0.05) is 30.7 Å². The van der Waals surface area contributed by atoms with Gasteiger partial charge in [0.25, 0.3) is 0 Å². The highest BCUT2D eigenvalue weighted by atomic mass is 16.6. The van der Waals surface area contributed by atoms with E-state index in [0.717, 1.165) is 0 Å². The SMILES string of the molecule is CC(C)C[C@H]1/C=C/C(C)(C)C(=O)N2CCCC2C(=O)N[C@@H](C(C)C)C(=O)NC2(CC(C)(C)N(O)C(C)(C)C2)C(=O)NCCN1C(=O)OC(C)(C)C. The maximum absolute atomic E-state index is 14.5. The van der Waals surface area contributed by atoms with Gasteiger partial charge in [0.05, 0.1) is 11.5 Å². The zero-order valence-corrected chi connectivity index (χ0v) is 33.4. The number of carbonyl (C=O) groups is 5. The summed E-state index contributed by atoms with van der Waals surface area (Å²) in [6, 6.07) is -2.24. The lowest BCUT2D eigenvalue weighted by molar-refractivity contribution is -0.254. The normalized spacial score (nSPS) is 28.4. The summed E-state index contributed by atoms with van der Waals surface area (Å²) in [6.45, 7) is 24.5. The number of nitrogens with one attached hydrogen (secondary N) is 3. The molecule has 51 heavy (non-hydrogen) atoms. The quantitative estimate of drug-likeness (QED) is 0.313. The van der Waals surface area contributed by atoms with Crippen molar-refractivity contribution < 1.29 is 33.9 Å². The van der Waals surface area contributed by atoms with Crippen LogP contribution in [0.4, 0.5) is 4.79 Å². The minimum atomic E-state index is -1.47. The van der Waals surface area contributed by atoms with E-state index in [1.807, 2.05) is 61.5 Å². The summed E-state index contributed by atoms with van der Waals surface area (Å²) in [4.78, 5) is 73.8. The lowest BCUT2D eigenvalue weighted by atomic mass is 9.69. The predicted molar refractivity (Wildman–Crippen MR) is 196 cm³/mol. The van der Waals surface area contributed by atoms with Gasteiger partial charge in [-0.15, -0.1) is 0 Å². The molecule has 1 unspecified atom stereocenters. The molecule has 2 fully saturated rings. The number of ether oxygens (including phenoxy) is 1. The molecule has 13 heteroatoms. The van der Waals surface area contributed by atoms with Crippen molar-refractivity contribution in [2.45, 2.75) is 162 Å². The van der Waals surface area contributed by atoms with E-state index in [2.05, 4.69) is 16.0 Å². The Bertz CT molecular complexity index is 1330. The first-order chi connectivity index (χ1) is 23.2. The smallest absolute Gasteiger partial charge is 0.410 e. The number of rotatable bonds is 3. The number of carbonyl (C=O) groups excluding carboxylic acids is 5. The van der Waals surface area contributed by atoms with Crippen molar-refractivity contribution in [1.29, 1.82) is 0 Å².